The number of piperidine rings is 1. The van der Waals surface area contributed by atoms with Gasteiger partial charge in [-0.3, -0.25) is 0 Å². The zero-order chi connectivity index (χ0) is 10.6. The van der Waals surface area contributed by atoms with E-state index in [1.165, 1.54) is 13.1 Å². The van der Waals surface area contributed by atoms with Crippen molar-refractivity contribution >= 4 is 0 Å². The van der Waals surface area contributed by atoms with E-state index < -0.39 is 0 Å². The van der Waals surface area contributed by atoms with Gasteiger partial charge in [-0.25, -0.2) is 0 Å². The van der Waals surface area contributed by atoms with Crippen molar-refractivity contribution in [3.05, 3.63) is 0 Å². The SMILES string of the molecule is CN(C)CCOC1(C)CCN(C)CC1. The molecule has 0 spiro atoms. The highest BCUT2D eigenvalue weighted by molar-refractivity contribution is 4.82. The number of rotatable bonds is 4. The largest absolute Gasteiger partial charge is 0.374 e. The molecule has 1 fully saturated rings. The van der Waals surface area contributed by atoms with E-state index in [1.54, 1.807) is 0 Å². The molecule has 14 heavy (non-hydrogen) atoms. The first-order chi connectivity index (χ1) is 6.52. The molecule has 0 amide bonds. The summed E-state index contributed by atoms with van der Waals surface area (Å²) in [5.41, 5.74) is 0.128. The number of likely N-dealkylation sites (tertiary alicyclic amines) is 1. The van der Waals surface area contributed by atoms with Gasteiger partial charge in [-0.1, -0.05) is 0 Å². The van der Waals surface area contributed by atoms with Crippen LogP contribution >= 0.6 is 0 Å². The third-order valence-electron chi connectivity index (χ3n) is 3.03. The van der Waals surface area contributed by atoms with E-state index in [2.05, 4.69) is 37.9 Å². The molecule has 1 aliphatic rings. The van der Waals surface area contributed by atoms with Gasteiger partial charge in [0.05, 0.1) is 12.2 Å². The van der Waals surface area contributed by atoms with Gasteiger partial charge < -0.3 is 14.5 Å². The minimum Gasteiger partial charge on any atom is -0.374 e. The van der Waals surface area contributed by atoms with Crippen molar-refractivity contribution in [2.45, 2.75) is 25.4 Å². The van der Waals surface area contributed by atoms with Gasteiger partial charge in [-0.2, -0.15) is 0 Å². The van der Waals surface area contributed by atoms with Crippen LogP contribution in [0.5, 0.6) is 0 Å². The maximum absolute atomic E-state index is 5.96. The first-order valence-electron chi connectivity index (χ1n) is 5.49. The Morgan fingerprint density at radius 2 is 1.86 bits per heavy atom. The lowest BCUT2D eigenvalue weighted by Crippen LogP contribution is -2.43. The first-order valence-corrected chi connectivity index (χ1v) is 5.49. The molecule has 1 rings (SSSR count). The average molecular weight is 200 g/mol. The Hall–Kier alpha value is -0.120. The minimum atomic E-state index is 0.128. The van der Waals surface area contributed by atoms with Crippen LogP contribution in [0, 0.1) is 0 Å². The number of hydrogen-bond acceptors (Lipinski definition) is 3. The lowest BCUT2D eigenvalue weighted by molar-refractivity contribution is -0.0708. The highest BCUT2D eigenvalue weighted by Gasteiger charge is 2.29. The normalized spacial score (nSPS) is 22.9. The fourth-order valence-corrected chi connectivity index (χ4v) is 1.71. The summed E-state index contributed by atoms with van der Waals surface area (Å²) in [4.78, 5) is 4.54. The lowest BCUT2D eigenvalue weighted by Gasteiger charge is -2.38. The molecule has 0 atom stereocenters. The summed E-state index contributed by atoms with van der Waals surface area (Å²) in [6.07, 6.45) is 2.33. The van der Waals surface area contributed by atoms with Crippen LogP contribution < -0.4 is 0 Å². The highest BCUT2D eigenvalue weighted by Crippen LogP contribution is 2.24. The second-order valence-electron chi connectivity index (χ2n) is 4.90. The Bertz CT molecular complexity index is 163. The predicted molar refractivity (Wildman–Crippen MR) is 59.6 cm³/mol. The van der Waals surface area contributed by atoms with Crippen LogP contribution in [0.1, 0.15) is 19.8 Å². The van der Waals surface area contributed by atoms with Crippen LogP contribution in [-0.2, 0) is 4.74 Å². The van der Waals surface area contributed by atoms with Gasteiger partial charge in [0.2, 0.25) is 0 Å². The van der Waals surface area contributed by atoms with E-state index in [1.807, 2.05) is 0 Å². The second kappa shape index (κ2) is 5.10. The van der Waals surface area contributed by atoms with Crippen molar-refractivity contribution < 1.29 is 4.74 Å². The van der Waals surface area contributed by atoms with E-state index in [-0.39, 0.29) is 5.60 Å². The van der Waals surface area contributed by atoms with E-state index in [9.17, 15) is 0 Å². The van der Waals surface area contributed by atoms with Gasteiger partial charge in [-0.15, -0.1) is 0 Å². The summed E-state index contributed by atoms with van der Waals surface area (Å²) in [5.74, 6) is 0. The Labute approximate surface area is 88.0 Å². The molecule has 0 N–H and O–H groups in total. The topological polar surface area (TPSA) is 15.7 Å². The van der Waals surface area contributed by atoms with Crippen LogP contribution in [0.3, 0.4) is 0 Å². The van der Waals surface area contributed by atoms with Crippen LogP contribution in [0.25, 0.3) is 0 Å². The number of nitrogens with zero attached hydrogens (tertiary/aromatic N) is 2. The Balaban J connectivity index is 2.21. The minimum absolute atomic E-state index is 0.128. The van der Waals surface area contributed by atoms with E-state index in [0.29, 0.717) is 0 Å². The van der Waals surface area contributed by atoms with Crippen molar-refractivity contribution in [1.82, 2.24) is 9.80 Å². The van der Waals surface area contributed by atoms with Crippen molar-refractivity contribution in [3.63, 3.8) is 0 Å². The molecule has 0 aliphatic carbocycles. The van der Waals surface area contributed by atoms with E-state index in [0.717, 1.165) is 26.0 Å². The summed E-state index contributed by atoms with van der Waals surface area (Å²) < 4.78 is 5.96. The number of ether oxygens (including phenoxy) is 1. The fraction of sp³-hybridized carbons (Fsp3) is 1.00. The van der Waals surface area contributed by atoms with Gasteiger partial charge in [0.15, 0.2) is 0 Å². The molecule has 0 aromatic heterocycles. The van der Waals surface area contributed by atoms with Crippen LogP contribution in [0.2, 0.25) is 0 Å². The van der Waals surface area contributed by atoms with Crippen LogP contribution in [-0.4, -0.2) is 62.8 Å². The standard InChI is InChI=1S/C11H24N2O/c1-11(14-10-9-12(2)3)5-7-13(4)8-6-11/h5-10H2,1-4H3. The smallest absolute Gasteiger partial charge is 0.0679 e. The molecule has 1 aliphatic heterocycles. The molecule has 1 heterocycles. The summed E-state index contributed by atoms with van der Waals surface area (Å²) in [6.45, 7) is 6.45. The first kappa shape index (κ1) is 12.0. The summed E-state index contributed by atoms with van der Waals surface area (Å²) in [6, 6.07) is 0. The van der Waals surface area contributed by atoms with Crippen molar-refractivity contribution in [2.75, 3.05) is 47.4 Å². The molecule has 0 aromatic carbocycles. The lowest BCUT2D eigenvalue weighted by atomic mass is 9.94. The van der Waals surface area contributed by atoms with Crippen molar-refractivity contribution in [2.24, 2.45) is 0 Å². The zero-order valence-electron chi connectivity index (χ0n) is 10.0. The third kappa shape index (κ3) is 3.95. The molecule has 3 heteroatoms. The summed E-state index contributed by atoms with van der Waals surface area (Å²) >= 11 is 0. The monoisotopic (exact) mass is 200 g/mol. The predicted octanol–water partition coefficient (Wildman–Crippen LogP) is 1.05. The third-order valence-corrected chi connectivity index (χ3v) is 3.03. The molecule has 0 radical (unpaired) electrons. The van der Waals surface area contributed by atoms with Crippen LogP contribution in [0.15, 0.2) is 0 Å². The quantitative estimate of drug-likeness (QED) is 0.674. The summed E-state index contributed by atoms with van der Waals surface area (Å²) in [7, 11) is 6.35. The van der Waals surface area contributed by atoms with Crippen molar-refractivity contribution in [3.8, 4) is 0 Å². The second-order valence-corrected chi connectivity index (χ2v) is 4.90. The molecule has 0 aromatic rings. The maximum atomic E-state index is 5.96. The molecule has 84 valence electrons. The molecule has 1 saturated heterocycles. The number of likely N-dealkylation sites (N-methyl/N-ethyl adjacent to an activating group) is 1. The Morgan fingerprint density at radius 3 is 2.36 bits per heavy atom. The Kier molecular flexibility index (Phi) is 4.35. The highest BCUT2D eigenvalue weighted by atomic mass is 16.5. The zero-order valence-corrected chi connectivity index (χ0v) is 10.0. The molecule has 0 bridgehead atoms. The van der Waals surface area contributed by atoms with E-state index in [4.69, 9.17) is 4.74 Å². The molecular formula is C11H24N2O. The van der Waals surface area contributed by atoms with Gasteiger partial charge in [0.1, 0.15) is 0 Å². The number of hydrogen-bond donors (Lipinski definition) is 0. The van der Waals surface area contributed by atoms with Gasteiger partial charge in [-0.05, 0) is 40.9 Å². The summed E-state index contributed by atoms with van der Waals surface area (Å²) in [5, 5.41) is 0. The molecule has 3 nitrogen and oxygen atoms in total. The van der Waals surface area contributed by atoms with Gasteiger partial charge in [0, 0.05) is 19.6 Å². The van der Waals surface area contributed by atoms with Crippen LogP contribution in [0.4, 0.5) is 0 Å². The van der Waals surface area contributed by atoms with E-state index >= 15 is 0 Å². The average Bonchev–Trinajstić information content (AvgIpc) is 2.10. The molecule has 0 saturated carbocycles. The fourth-order valence-electron chi connectivity index (χ4n) is 1.71. The van der Waals surface area contributed by atoms with Gasteiger partial charge in [0.25, 0.3) is 0 Å². The maximum Gasteiger partial charge on any atom is 0.0679 e. The van der Waals surface area contributed by atoms with Gasteiger partial charge >= 0.3 is 0 Å². The molecule has 0 unspecified atom stereocenters. The molecular weight excluding hydrogens is 176 g/mol. The van der Waals surface area contributed by atoms with Crippen molar-refractivity contribution in [1.29, 1.82) is 0 Å². The Morgan fingerprint density at radius 1 is 1.29 bits per heavy atom.